The number of carbonyl (C=O) groups is 1. The summed E-state index contributed by atoms with van der Waals surface area (Å²) in [5.41, 5.74) is -5.82. The van der Waals surface area contributed by atoms with Crippen LogP contribution < -0.4 is 4.74 Å². The highest BCUT2D eigenvalue weighted by atomic mass is 32.2. The van der Waals surface area contributed by atoms with Gasteiger partial charge in [-0.1, -0.05) is 0 Å². The summed E-state index contributed by atoms with van der Waals surface area (Å²) in [5, 5.41) is 11.1. The second kappa shape index (κ2) is 7.99. The van der Waals surface area contributed by atoms with E-state index in [-0.39, 0.29) is 11.7 Å². The van der Waals surface area contributed by atoms with Crippen molar-refractivity contribution in [3.8, 4) is 5.75 Å². The number of amides is 1. The number of hydrogen-bond acceptors (Lipinski definition) is 6. The smallest absolute Gasteiger partial charge is 0.475 e. The van der Waals surface area contributed by atoms with Crippen molar-refractivity contribution in [3.05, 3.63) is 28.3 Å². The third kappa shape index (κ3) is 4.91. The Labute approximate surface area is 149 Å². The van der Waals surface area contributed by atoms with Crippen LogP contribution in [0.3, 0.4) is 0 Å². The van der Waals surface area contributed by atoms with Crippen LogP contribution in [0, 0.1) is 10.1 Å². The van der Waals surface area contributed by atoms with Gasteiger partial charge in [-0.15, -0.1) is 0 Å². The summed E-state index contributed by atoms with van der Waals surface area (Å²) in [5.74, 6) is -0.740. The summed E-state index contributed by atoms with van der Waals surface area (Å²) in [4.78, 5) is 25.0. The third-order valence-electron chi connectivity index (χ3n) is 3.76. The average molecular weight is 395 g/mol. The van der Waals surface area contributed by atoms with E-state index in [0.29, 0.717) is 32.2 Å². The molecule has 0 spiro atoms. The van der Waals surface area contributed by atoms with Crippen LogP contribution in [0.1, 0.15) is 0 Å². The van der Waals surface area contributed by atoms with Crippen LogP contribution in [-0.2, 0) is 15.6 Å². The Balaban J connectivity index is 2.10. The van der Waals surface area contributed by atoms with E-state index in [4.69, 9.17) is 4.74 Å². The first-order valence-corrected chi connectivity index (χ1v) is 8.60. The molecule has 0 aromatic heterocycles. The molecular formula is C14H16F3N3O5S. The van der Waals surface area contributed by atoms with Gasteiger partial charge in [-0.2, -0.15) is 13.2 Å². The van der Waals surface area contributed by atoms with E-state index in [2.05, 4.69) is 0 Å². The summed E-state index contributed by atoms with van der Waals surface area (Å²) in [7, 11) is -1.48. The lowest BCUT2D eigenvalue weighted by atomic mass is 10.3. The Morgan fingerprint density at radius 2 is 1.92 bits per heavy atom. The molecule has 1 fully saturated rings. The molecule has 12 heteroatoms. The number of benzene rings is 1. The van der Waals surface area contributed by atoms with Crippen LogP contribution in [-0.4, -0.2) is 70.2 Å². The molecule has 0 aliphatic carbocycles. The normalized spacial score (nSPS) is 17.0. The Bertz CT molecular complexity index is 720. The lowest BCUT2D eigenvalue weighted by molar-refractivity contribution is -0.386. The van der Waals surface area contributed by atoms with Gasteiger partial charge in [-0.3, -0.25) is 14.9 Å². The highest BCUT2D eigenvalue weighted by Crippen LogP contribution is 2.33. The molecule has 1 aliphatic heterocycles. The van der Waals surface area contributed by atoms with Crippen LogP contribution >= 0.6 is 0 Å². The van der Waals surface area contributed by atoms with Crippen LogP contribution in [0.5, 0.6) is 5.75 Å². The molecule has 1 aliphatic rings. The minimum atomic E-state index is -5.03. The van der Waals surface area contributed by atoms with Crippen molar-refractivity contribution < 1.29 is 31.8 Å². The Morgan fingerprint density at radius 1 is 1.31 bits per heavy atom. The summed E-state index contributed by atoms with van der Waals surface area (Å²) < 4.78 is 53.9. The monoisotopic (exact) mass is 395 g/mol. The molecule has 1 aromatic rings. The number of ether oxygens (including phenoxy) is 1. The maximum Gasteiger partial charge on any atom is 0.475 e. The zero-order valence-corrected chi connectivity index (χ0v) is 14.5. The molecule has 1 heterocycles. The highest BCUT2D eigenvalue weighted by molar-refractivity contribution is 7.86. The van der Waals surface area contributed by atoms with Crippen molar-refractivity contribution in [2.45, 2.75) is 10.4 Å². The number of nitro benzene ring substituents is 1. The molecule has 144 valence electrons. The SMILES string of the molecule is CN1CCN(C(=O)COc2ccc(S(=O)C(F)(F)F)cc2[N+](=O)[O-])CC1. The summed E-state index contributed by atoms with van der Waals surface area (Å²) in [6.07, 6.45) is 0. The third-order valence-corrected chi connectivity index (χ3v) is 4.86. The second-order valence-corrected chi connectivity index (χ2v) is 7.05. The number of carbonyl (C=O) groups excluding carboxylic acids is 1. The van der Waals surface area contributed by atoms with E-state index in [1.165, 1.54) is 0 Å². The fraction of sp³-hybridized carbons (Fsp3) is 0.500. The maximum absolute atomic E-state index is 12.5. The van der Waals surface area contributed by atoms with Gasteiger partial charge in [0.05, 0.1) is 9.82 Å². The van der Waals surface area contributed by atoms with E-state index in [0.717, 1.165) is 12.1 Å². The van der Waals surface area contributed by atoms with Crippen molar-refractivity contribution in [2.75, 3.05) is 39.8 Å². The number of halogens is 3. The molecule has 0 bridgehead atoms. The van der Waals surface area contributed by atoms with Crippen molar-refractivity contribution in [1.29, 1.82) is 0 Å². The quantitative estimate of drug-likeness (QED) is 0.552. The Morgan fingerprint density at radius 3 is 2.46 bits per heavy atom. The van der Waals surface area contributed by atoms with E-state index < -0.39 is 38.4 Å². The van der Waals surface area contributed by atoms with Gasteiger partial charge in [0.25, 0.3) is 5.91 Å². The molecule has 0 saturated carbocycles. The highest BCUT2D eigenvalue weighted by Gasteiger charge is 2.39. The molecule has 0 radical (unpaired) electrons. The molecule has 26 heavy (non-hydrogen) atoms. The number of hydrogen-bond donors (Lipinski definition) is 0. The van der Waals surface area contributed by atoms with E-state index in [9.17, 15) is 32.3 Å². The van der Waals surface area contributed by atoms with Gasteiger partial charge in [0.2, 0.25) is 0 Å². The summed E-state index contributed by atoms with van der Waals surface area (Å²) >= 11 is 0. The zero-order valence-electron chi connectivity index (χ0n) is 13.7. The van der Waals surface area contributed by atoms with E-state index in [1.807, 2.05) is 11.9 Å². The Hall–Kier alpha value is -2.21. The number of rotatable bonds is 5. The largest absolute Gasteiger partial charge is 0.477 e. The minimum absolute atomic E-state index is 0.361. The van der Waals surface area contributed by atoms with Gasteiger partial charge in [0.1, 0.15) is 0 Å². The van der Waals surface area contributed by atoms with Crippen LogP contribution in [0.15, 0.2) is 23.1 Å². The summed E-state index contributed by atoms with van der Waals surface area (Å²) in [6.45, 7) is 1.87. The molecular weight excluding hydrogens is 379 g/mol. The van der Waals surface area contributed by atoms with Gasteiger partial charge >= 0.3 is 11.2 Å². The van der Waals surface area contributed by atoms with Crippen LogP contribution in [0.4, 0.5) is 18.9 Å². The molecule has 0 N–H and O–H groups in total. The molecule has 1 unspecified atom stereocenters. The number of nitrogens with zero attached hydrogens (tertiary/aromatic N) is 3. The first kappa shape index (κ1) is 20.1. The van der Waals surface area contributed by atoms with Crippen LogP contribution in [0.2, 0.25) is 0 Å². The molecule has 1 atom stereocenters. The fourth-order valence-electron chi connectivity index (χ4n) is 2.30. The minimum Gasteiger partial charge on any atom is -0.477 e. The van der Waals surface area contributed by atoms with Gasteiger partial charge in [0.15, 0.2) is 23.2 Å². The van der Waals surface area contributed by atoms with Crippen molar-refractivity contribution in [1.82, 2.24) is 9.80 Å². The molecule has 1 aromatic carbocycles. The lowest BCUT2D eigenvalue weighted by Gasteiger charge is -2.32. The molecule has 1 saturated heterocycles. The number of likely N-dealkylation sites (N-methyl/N-ethyl adjacent to an activating group) is 1. The maximum atomic E-state index is 12.5. The number of nitro groups is 1. The van der Waals surface area contributed by atoms with Crippen molar-refractivity contribution >= 4 is 22.4 Å². The number of alkyl halides is 3. The van der Waals surface area contributed by atoms with Crippen LogP contribution in [0.25, 0.3) is 0 Å². The molecule has 2 rings (SSSR count). The van der Waals surface area contributed by atoms with E-state index >= 15 is 0 Å². The summed E-state index contributed by atoms with van der Waals surface area (Å²) in [6, 6.07) is 2.28. The standard InChI is InChI=1S/C14H16F3N3O5S/c1-18-4-6-19(7-5-18)13(21)9-25-12-3-2-10(8-11(12)20(22)23)26(24)14(15,16)17/h2-3,8H,4-7,9H2,1H3. The Kier molecular flexibility index (Phi) is 6.18. The first-order valence-electron chi connectivity index (χ1n) is 7.45. The predicted molar refractivity (Wildman–Crippen MR) is 85.1 cm³/mol. The van der Waals surface area contributed by atoms with Gasteiger partial charge in [-0.05, 0) is 19.2 Å². The number of piperazine rings is 1. The van der Waals surface area contributed by atoms with Crippen molar-refractivity contribution in [3.63, 3.8) is 0 Å². The lowest BCUT2D eigenvalue weighted by Crippen LogP contribution is -2.48. The molecule has 1 amide bonds. The average Bonchev–Trinajstić information content (AvgIpc) is 2.58. The van der Waals surface area contributed by atoms with E-state index in [1.54, 1.807) is 4.90 Å². The van der Waals surface area contributed by atoms with Gasteiger partial charge in [-0.25, -0.2) is 4.21 Å². The van der Waals surface area contributed by atoms with Gasteiger partial charge in [0, 0.05) is 32.2 Å². The second-order valence-electron chi connectivity index (χ2n) is 5.57. The molecule has 8 nitrogen and oxygen atoms in total. The predicted octanol–water partition coefficient (Wildman–Crippen LogP) is 1.37. The fourth-order valence-corrected chi connectivity index (χ4v) is 2.98. The van der Waals surface area contributed by atoms with Gasteiger partial charge < -0.3 is 14.5 Å². The first-order chi connectivity index (χ1) is 12.1. The zero-order chi connectivity index (χ0) is 19.5. The van der Waals surface area contributed by atoms with Crippen molar-refractivity contribution in [2.24, 2.45) is 0 Å². The topological polar surface area (TPSA) is 93.0 Å².